The topological polar surface area (TPSA) is 75.7 Å². The highest BCUT2D eigenvalue weighted by atomic mass is 16.5. The molecule has 0 bridgehead atoms. The molecule has 6 nitrogen and oxygen atoms in total. The van der Waals surface area contributed by atoms with Crippen molar-refractivity contribution in [2.75, 3.05) is 17.3 Å². The molecule has 1 N–H and O–H groups in total. The van der Waals surface area contributed by atoms with Gasteiger partial charge in [-0.25, -0.2) is 4.90 Å². The monoisotopic (exact) mass is 426 g/mol. The van der Waals surface area contributed by atoms with Gasteiger partial charge in [0, 0.05) is 16.8 Å². The third kappa shape index (κ3) is 4.30. The number of amides is 3. The van der Waals surface area contributed by atoms with Gasteiger partial charge in [0.05, 0.1) is 19.2 Å². The SMILES string of the molecule is COc1ccc(NC(=O)c2cccc(/C=C3\CC(=O)N(c4ccccc4)C3=O)c2)c(C)c1. The quantitative estimate of drug-likeness (QED) is 0.478. The molecular weight excluding hydrogens is 404 g/mol. The fraction of sp³-hybridized carbons (Fsp3) is 0.115. The molecule has 4 rings (SSSR count). The number of nitrogens with one attached hydrogen (secondary N) is 1. The summed E-state index contributed by atoms with van der Waals surface area (Å²) in [4.78, 5) is 39.2. The molecule has 0 radical (unpaired) electrons. The molecule has 6 heteroatoms. The van der Waals surface area contributed by atoms with Crippen molar-refractivity contribution in [1.29, 1.82) is 0 Å². The van der Waals surface area contributed by atoms with Gasteiger partial charge < -0.3 is 10.1 Å². The Kier molecular flexibility index (Phi) is 5.85. The van der Waals surface area contributed by atoms with Crippen LogP contribution in [0.25, 0.3) is 6.08 Å². The zero-order valence-corrected chi connectivity index (χ0v) is 17.8. The van der Waals surface area contributed by atoms with E-state index < -0.39 is 0 Å². The summed E-state index contributed by atoms with van der Waals surface area (Å²) in [6.45, 7) is 1.89. The summed E-state index contributed by atoms with van der Waals surface area (Å²) in [7, 11) is 1.59. The van der Waals surface area contributed by atoms with Crippen LogP contribution in [0.1, 0.15) is 27.9 Å². The highest BCUT2D eigenvalue weighted by molar-refractivity contribution is 6.29. The second kappa shape index (κ2) is 8.89. The molecule has 0 unspecified atom stereocenters. The van der Waals surface area contributed by atoms with E-state index in [1.54, 1.807) is 73.8 Å². The van der Waals surface area contributed by atoms with Crippen molar-refractivity contribution in [2.45, 2.75) is 13.3 Å². The molecule has 3 amide bonds. The minimum absolute atomic E-state index is 0.0230. The van der Waals surface area contributed by atoms with Crippen molar-refractivity contribution in [2.24, 2.45) is 0 Å². The number of carbonyl (C=O) groups excluding carboxylic acids is 3. The summed E-state index contributed by atoms with van der Waals surface area (Å²) >= 11 is 0. The lowest BCUT2D eigenvalue weighted by Crippen LogP contribution is -2.28. The number of benzene rings is 3. The molecule has 3 aromatic carbocycles. The Morgan fingerprint density at radius 3 is 2.50 bits per heavy atom. The molecule has 3 aromatic rings. The average molecular weight is 426 g/mol. The van der Waals surface area contributed by atoms with E-state index in [0.717, 1.165) is 11.3 Å². The molecule has 0 aliphatic carbocycles. The van der Waals surface area contributed by atoms with Crippen LogP contribution in [-0.4, -0.2) is 24.8 Å². The van der Waals surface area contributed by atoms with Crippen LogP contribution in [0.4, 0.5) is 11.4 Å². The van der Waals surface area contributed by atoms with E-state index in [1.807, 2.05) is 19.1 Å². The highest BCUT2D eigenvalue weighted by Gasteiger charge is 2.34. The number of anilines is 2. The van der Waals surface area contributed by atoms with Crippen LogP contribution in [0.5, 0.6) is 5.75 Å². The van der Waals surface area contributed by atoms with Crippen LogP contribution in [0.3, 0.4) is 0 Å². The number of carbonyl (C=O) groups is 3. The van der Waals surface area contributed by atoms with Gasteiger partial charge in [0.15, 0.2) is 0 Å². The number of methoxy groups -OCH3 is 1. The molecule has 1 aliphatic rings. The van der Waals surface area contributed by atoms with E-state index >= 15 is 0 Å². The Morgan fingerprint density at radius 1 is 1.00 bits per heavy atom. The molecule has 1 heterocycles. The maximum Gasteiger partial charge on any atom is 0.261 e. The van der Waals surface area contributed by atoms with Crippen molar-refractivity contribution >= 4 is 35.2 Å². The maximum atomic E-state index is 12.8. The molecule has 1 fully saturated rings. The minimum Gasteiger partial charge on any atom is -0.497 e. The van der Waals surface area contributed by atoms with Gasteiger partial charge in [0.1, 0.15) is 5.75 Å². The zero-order valence-electron chi connectivity index (χ0n) is 17.8. The van der Waals surface area contributed by atoms with E-state index in [4.69, 9.17) is 4.74 Å². The molecular formula is C26H22N2O4. The molecule has 0 spiro atoms. The Hall–Kier alpha value is -4.19. The normalized spacial score (nSPS) is 14.7. The third-order valence-corrected chi connectivity index (χ3v) is 5.25. The lowest BCUT2D eigenvalue weighted by molar-refractivity contribution is -0.120. The summed E-state index contributed by atoms with van der Waals surface area (Å²) in [5.74, 6) is -0.158. The minimum atomic E-state index is -0.343. The Bertz CT molecular complexity index is 1230. The first-order chi connectivity index (χ1) is 15.5. The van der Waals surface area contributed by atoms with Crippen LogP contribution in [0.2, 0.25) is 0 Å². The Morgan fingerprint density at radius 2 is 1.78 bits per heavy atom. The maximum absolute atomic E-state index is 12.8. The zero-order chi connectivity index (χ0) is 22.7. The largest absolute Gasteiger partial charge is 0.497 e. The number of rotatable bonds is 5. The number of hydrogen-bond donors (Lipinski definition) is 1. The van der Waals surface area contributed by atoms with Gasteiger partial charge in [-0.2, -0.15) is 0 Å². The van der Waals surface area contributed by atoms with Crippen LogP contribution in [0.15, 0.2) is 78.4 Å². The van der Waals surface area contributed by atoms with Crippen molar-refractivity contribution in [3.63, 3.8) is 0 Å². The van der Waals surface area contributed by atoms with E-state index in [-0.39, 0.29) is 24.1 Å². The molecule has 32 heavy (non-hydrogen) atoms. The van der Waals surface area contributed by atoms with Crippen LogP contribution in [0, 0.1) is 6.92 Å². The van der Waals surface area contributed by atoms with E-state index in [2.05, 4.69) is 5.32 Å². The van der Waals surface area contributed by atoms with Gasteiger partial charge >= 0.3 is 0 Å². The lowest BCUT2D eigenvalue weighted by atomic mass is 10.1. The first kappa shape index (κ1) is 21.1. The number of nitrogens with zero attached hydrogens (tertiary/aromatic N) is 1. The highest BCUT2D eigenvalue weighted by Crippen LogP contribution is 2.27. The standard InChI is InChI=1S/C26H22N2O4/c1-17-13-22(32-2)11-12-23(17)27-25(30)19-8-6-7-18(14-19)15-20-16-24(29)28(26(20)31)21-9-4-3-5-10-21/h3-15H,16H2,1-2H3,(H,27,30)/b20-15+. The van der Waals surface area contributed by atoms with Crippen molar-refractivity contribution in [3.8, 4) is 5.75 Å². The molecule has 1 aliphatic heterocycles. The summed E-state index contributed by atoms with van der Waals surface area (Å²) < 4.78 is 5.20. The fourth-order valence-corrected chi connectivity index (χ4v) is 3.59. The first-order valence-corrected chi connectivity index (χ1v) is 10.2. The van der Waals surface area contributed by atoms with Crippen molar-refractivity contribution in [3.05, 3.63) is 95.1 Å². The van der Waals surface area contributed by atoms with Gasteiger partial charge in [-0.1, -0.05) is 30.3 Å². The average Bonchev–Trinajstić information content (AvgIpc) is 3.08. The molecule has 160 valence electrons. The predicted octanol–water partition coefficient (Wildman–Crippen LogP) is 4.60. The van der Waals surface area contributed by atoms with Gasteiger partial charge in [-0.05, 0) is 66.6 Å². The predicted molar refractivity (Wildman–Crippen MR) is 124 cm³/mol. The number of ether oxygens (including phenoxy) is 1. The fourth-order valence-electron chi connectivity index (χ4n) is 3.59. The van der Waals surface area contributed by atoms with Gasteiger partial charge in [0.25, 0.3) is 11.8 Å². The van der Waals surface area contributed by atoms with E-state index in [0.29, 0.717) is 28.1 Å². The second-order valence-electron chi connectivity index (χ2n) is 7.48. The Balaban J connectivity index is 1.54. The number of para-hydroxylation sites is 1. The second-order valence-corrected chi connectivity index (χ2v) is 7.48. The third-order valence-electron chi connectivity index (χ3n) is 5.25. The van der Waals surface area contributed by atoms with Crippen LogP contribution < -0.4 is 15.0 Å². The number of imide groups is 1. The van der Waals surface area contributed by atoms with Gasteiger partial charge in [0.2, 0.25) is 5.91 Å². The first-order valence-electron chi connectivity index (χ1n) is 10.2. The lowest BCUT2D eigenvalue weighted by Gasteiger charge is -2.12. The summed E-state index contributed by atoms with van der Waals surface area (Å²) in [5.41, 5.74) is 3.64. The number of aryl methyl sites for hydroxylation is 1. The van der Waals surface area contributed by atoms with Gasteiger partial charge in [-0.3, -0.25) is 14.4 Å². The molecule has 1 saturated heterocycles. The smallest absolute Gasteiger partial charge is 0.261 e. The van der Waals surface area contributed by atoms with Gasteiger partial charge in [-0.15, -0.1) is 0 Å². The van der Waals surface area contributed by atoms with Crippen molar-refractivity contribution < 1.29 is 19.1 Å². The van der Waals surface area contributed by atoms with Crippen LogP contribution >= 0.6 is 0 Å². The van der Waals surface area contributed by atoms with E-state index in [9.17, 15) is 14.4 Å². The summed E-state index contributed by atoms with van der Waals surface area (Å²) in [5, 5.41) is 2.90. The van der Waals surface area contributed by atoms with Crippen molar-refractivity contribution in [1.82, 2.24) is 0 Å². The Labute approximate surface area is 186 Å². The number of hydrogen-bond acceptors (Lipinski definition) is 4. The van der Waals surface area contributed by atoms with E-state index in [1.165, 1.54) is 4.90 Å². The summed E-state index contributed by atoms with van der Waals surface area (Å²) in [6, 6.07) is 21.2. The molecule has 0 atom stereocenters. The summed E-state index contributed by atoms with van der Waals surface area (Å²) in [6.07, 6.45) is 1.69. The molecule has 0 saturated carbocycles. The molecule has 0 aromatic heterocycles. The van der Waals surface area contributed by atoms with Crippen LogP contribution in [-0.2, 0) is 9.59 Å².